The van der Waals surface area contributed by atoms with Crippen LogP contribution in [-0.2, 0) is 5.41 Å². The van der Waals surface area contributed by atoms with Crippen molar-refractivity contribution in [3.8, 4) is 22.5 Å². The van der Waals surface area contributed by atoms with E-state index in [0.717, 1.165) is 44.4 Å². The SMILES string of the molecule is Cc1ccc2c(n1)sc1c(-c3cccc(C(C)(C)c4cccc(-c5ccccc5)n4)n3)cccc12. The van der Waals surface area contributed by atoms with Crippen molar-refractivity contribution in [1.82, 2.24) is 15.0 Å². The molecule has 0 aliphatic carbocycles. The summed E-state index contributed by atoms with van der Waals surface area (Å²) in [5.41, 5.74) is 6.90. The number of hydrogen-bond acceptors (Lipinski definition) is 4. The lowest BCUT2D eigenvalue weighted by atomic mass is 9.84. The Kier molecular flexibility index (Phi) is 5.19. The van der Waals surface area contributed by atoms with Gasteiger partial charge >= 0.3 is 0 Å². The highest BCUT2D eigenvalue weighted by Crippen LogP contribution is 2.39. The van der Waals surface area contributed by atoms with E-state index in [1.165, 1.54) is 15.5 Å². The molecule has 170 valence electrons. The minimum Gasteiger partial charge on any atom is -0.252 e. The Bertz CT molecular complexity index is 1680. The van der Waals surface area contributed by atoms with Crippen molar-refractivity contribution in [2.75, 3.05) is 0 Å². The van der Waals surface area contributed by atoms with Gasteiger partial charge in [-0.3, -0.25) is 9.97 Å². The monoisotopic (exact) mass is 471 g/mol. The van der Waals surface area contributed by atoms with Crippen molar-refractivity contribution in [3.05, 3.63) is 114 Å². The molecule has 0 atom stereocenters. The van der Waals surface area contributed by atoms with Gasteiger partial charge in [0.25, 0.3) is 0 Å². The molecule has 2 aromatic carbocycles. The van der Waals surface area contributed by atoms with Crippen molar-refractivity contribution in [2.45, 2.75) is 26.2 Å². The predicted octanol–water partition coefficient (Wildman–Crippen LogP) is 8.21. The van der Waals surface area contributed by atoms with E-state index >= 15 is 0 Å². The number of pyridine rings is 3. The van der Waals surface area contributed by atoms with E-state index in [9.17, 15) is 0 Å². The van der Waals surface area contributed by atoms with Gasteiger partial charge in [0.1, 0.15) is 4.83 Å². The summed E-state index contributed by atoms with van der Waals surface area (Å²) in [6.45, 7) is 6.44. The Morgan fingerprint density at radius 2 is 1.29 bits per heavy atom. The summed E-state index contributed by atoms with van der Waals surface area (Å²) in [4.78, 5) is 16.1. The summed E-state index contributed by atoms with van der Waals surface area (Å²) in [6.07, 6.45) is 0. The van der Waals surface area contributed by atoms with Gasteiger partial charge in [0, 0.05) is 37.7 Å². The Labute approximate surface area is 209 Å². The second-order valence-electron chi connectivity index (χ2n) is 9.40. The average Bonchev–Trinajstić information content (AvgIpc) is 3.27. The molecule has 35 heavy (non-hydrogen) atoms. The summed E-state index contributed by atoms with van der Waals surface area (Å²) in [7, 11) is 0. The predicted molar refractivity (Wildman–Crippen MR) is 147 cm³/mol. The van der Waals surface area contributed by atoms with Crippen LogP contribution in [0, 0.1) is 6.92 Å². The molecule has 4 heteroatoms. The number of hydrogen-bond donors (Lipinski definition) is 0. The zero-order valence-electron chi connectivity index (χ0n) is 20.0. The van der Waals surface area contributed by atoms with E-state index in [-0.39, 0.29) is 5.41 Å². The van der Waals surface area contributed by atoms with Crippen molar-refractivity contribution < 1.29 is 0 Å². The number of thiophene rings is 1. The van der Waals surface area contributed by atoms with Gasteiger partial charge in [-0.05, 0) is 57.2 Å². The third-order valence-electron chi connectivity index (χ3n) is 6.63. The second kappa shape index (κ2) is 8.40. The van der Waals surface area contributed by atoms with Crippen LogP contribution in [0.2, 0.25) is 0 Å². The third kappa shape index (κ3) is 3.80. The van der Waals surface area contributed by atoms with Crippen LogP contribution in [-0.4, -0.2) is 15.0 Å². The molecule has 3 nitrogen and oxygen atoms in total. The van der Waals surface area contributed by atoms with E-state index < -0.39 is 0 Å². The Hall–Kier alpha value is -3.89. The highest BCUT2D eigenvalue weighted by atomic mass is 32.1. The summed E-state index contributed by atoms with van der Waals surface area (Å²) in [5.74, 6) is 0. The van der Waals surface area contributed by atoms with Crippen LogP contribution in [0.3, 0.4) is 0 Å². The molecule has 0 amide bonds. The largest absolute Gasteiger partial charge is 0.252 e. The van der Waals surface area contributed by atoms with Crippen molar-refractivity contribution >= 4 is 31.6 Å². The van der Waals surface area contributed by atoms with E-state index in [0.29, 0.717) is 0 Å². The first-order valence-electron chi connectivity index (χ1n) is 11.8. The molecule has 0 unspecified atom stereocenters. The smallest absolute Gasteiger partial charge is 0.124 e. The molecule has 0 saturated carbocycles. The van der Waals surface area contributed by atoms with Gasteiger partial charge < -0.3 is 0 Å². The number of benzene rings is 2. The minimum atomic E-state index is -0.354. The van der Waals surface area contributed by atoms with Crippen LogP contribution in [0.25, 0.3) is 42.8 Å². The maximum atomic E-state index is 5.18. The molecule has 0 radical (unpaired) electrons. The van der Waals surface area contributed by atoms with Gasteiger partial charge in [-0.15, -0.1) is 11.3 Å². The van der Waals surface area contributed by atoms with Crippen LogP contribution in [0.4, 0.5) is 0 Å². The van der Waals surface area contributed by atoms with Gasteiger partial charge in [-0.25, -0.2) is 4.98 Å². The Balaban J connectivity index is 1.45. The lowest BCUT2D eigenvalue weighted by Gasteiger charge is -2.25. The van der Waals surface area contributed by atoms with E-state index in [1.807, 2.05) is 25.1 Å². The highest BCUT2D eigenvalue weighted by molar-refractivity contribution is 7.26. The molecule has 0 N–H and O–H groups in total. The molecule has 0 fully saturated rings. The fourth-order valence-electron chi connectivity index (χ4n) is 4.59. The molecule has 6 aromatic rings. The van der Waals surface area contributed by atoms with Gasteiger partial charge in [-0.1, -0.05) is 60.7 Å². The number of aryl methyl sites for hydroxylation is 1. The minimum absolute atomic E-state index is 0.354. The number of aromatic nitrogens is 3. The van der Waals surface area contributed by atoms with E-state index in [4.69, 9.17) is 15.0 Å². The Morgan fingerprint density at radius 1 is 0.600 bits per heavy atom. The zero-order chi connectivity index (χ0) is 24.0. The van der Waals surface area contributed by atoms with Crippen LogP contribution in [0.5, 0.6) is 0 Å². The maximum absolute atomic E-state index is 5.18. The Morgan fingerprint density at radius 3 is 2.06 bits per heavy atom. The fraction of sp³-hybridized carbons (Fsp3) is 0.129. The highest BCUT2D eigenvalue weighted by Gasteiger charge is 2.27. The second-order valence-corrected chi connectivity index (χ2v) is 10.4. The fourth-order valence-corrected chi connectivity index (χ4v) is 5.83. The summed E-state index contributed by atoms with van der Waals surface area (Å²) in [6, 6.07) is 33.6. The molecule has 0 aliphatic rings. The molecule has 0 saturated heterocycles. The van der Waals surface area contributed by atoms with Crippen LogP contribution < -0.4 is 0 Å². The van der Waals surface area contributed by atoms with Crippen LogP contribution in [0.1, 0.15) is 30.9 Å². The molecule has 0 bridgehead atoms. The molecular weight excluding hydrogens is 446 g/mol. The van der Waals surface area contributed by atoms with Crippen molar-refractivity contribution in [1.29, 1.82) is 0 Å². The number of fused-ring (bicyclic) bond motifs is 3. The average molecular weight is 472 g/mol. The standard InChI is InChI=1S/C31H25N3S/c1-20-18-19-23-22-12-7-13-24(29(22)35-30(23)32-20)26-15-9-17-28(34-26)31(2,3)27-16-8-14-25(33-27)21-10-5-4-6-11-21/h4-19H,1-3H3. The quantitative estimate of drug-likeness (QED) is 0.260. The molecule has 4 heterocycles. The first-order chi connectivity index (χ1) is 17.0. The van der Waals surface area contributed by atoms with Gasteiger partial charge in [0.05, 0.1) is 22.8 Å². The first-order valence-corrected chi connectivity index (χ1v) is 12.6. The lowest BCUT2D eigenvalue weighted by molar-refractivity contribution is 0.597. The molecule has 6 rings (SSSR count). The van der Waals surface area contributed by atoms with Crippen molar-refractivity contribution in [3.63, 3.8) is 0 Å². The van der Waals surface area contributed by atoms with Gasteiger partial charge in [-0.2, -0.15) is 0 Å². The number of nitrogens with zero attached hydrogens (tertiary/aromatic N) is 3. The summed E-state index contributed by atoms with van der Waals surface area (Å²) >= 11 is 1.74. The molecule has 0 aliphatic heterocycles. The molecule has 0 spiro atoms. The van der Waals surface area contributed by atoms with Crippen molar-refractivity contribution in [2.24, 2.45) is 0 Å². The van der Waals surface area contributed by atoms with Gasteiger partial charge in [0.2, 0.25) is 0 Å². The maximum Gasteiger partial charge on any atom is 0.124 e. The third-order valence-corrected chi connectivity index (χ3v) is 7.78. The van der Waals surface area contributed by atoms with Crippen LogP contribution >= 0.6 is 11.3 Å². The molecule has 4 aromatic heterocycles. The molecular formula is C31H25N3S. The zero-order valence-corrected chi connectivity index (χ0v) is 20.8. The summed E-state index contributed by atoms with van der Waals surface area (Å²) < 4.78 is 1.23. The first kappa shape index (κ1) is 21.6. The van der Waals surface area contributed by atoms with Gasteiger partial charge in [0.15, 0.2) is 0 Å². The topological polar surface area (TPSA) is 38.7 Å². The number of rotatable bonds is 4. The van der Waals surface area contributed by atoms with Crippen LogP contribution in [0.15, 0.2) is 97.1 Å². The van der Waals surface area contributed by atoms with E-state index in [1.54, 1.807) is 11.3 Å². The van der Waals surface area contributed by atoms with E-state index in [2.05, 4.69) is 92.7 Å². The summed E-state index contributed by atoms with van der Waals surface area (Å²) in [5, 5.41) is 2.44. The normalized spacial score (nSPS) is 11.9. The lowest BCUT2D eigenvalue weighted by Crippen LogP contribution is -2.22.